The van der Waals surface area contributed by atoms with Crippen molar-refractivity contribution in [1.82, 2.24) is 10.2 Å². The van der Waals surface area contributed by atoms with Gasteiger partial charge in [-0.3, -0.25) is 14.4 Å². The fourth-order valence-corrected chi connectivity index (χ4v) is 5.06. The molecule has 0 spiro atoms. The molecule has 1 amide bonds. The van der Waals surface area contributed by atoms with Gasteiger partial charge in [0.05, 0.1) is 28.6 Å². The van der Waals surface area contributed by atoms with E-state index in [1.807, 2.05) is 10.8 Å². The molecule has 0 bridgehead atoms. The van der Waals surface area contributed by atoms with E-state index < -0.39 is 0 Å². The molecule has 2 aliphatic rings. The minimum atomic E-state index is -0.362. The number of rotatable bonds is 3. The maximum Gasteiger partial charge on any atom is 0.246 e. The third-order valence-electron chi connectivity index (χ3n) is 3.91. The summed E-state index contributed by atoms with van der Waals surface area (Å²) in [7, 11) is 0. The first kappa shape index (κ1) is 20.6. The number of para-hydroxylation sites is 1. The maximum absolute atomic E-state index is 13.0. The van der Waals surface area contributed by atoms with Gasteiger partial charge in [0.15, 0.2) is 11.6 Å². The van der Waals surface area contributed by atoms with Crippen LogP contribution in [0.3, 0.4) is 0 Å². The predicted octanol–water partition coefficient (Wildman–Crippen LogP) is 3.33. The summed E-state index contributed by atoms with van der Waals surface area (Å²) in [5, 5.41) is 14.6. The van der Waals surface area contributed by atoms with Gasteiger partial charge in [0.2, 0.25) is 11.0 Å². The van der Waals surface area contributed by atoms with Crippen LogP contribution < -0.4 is 10.2 Å². The second-order valence-electron chi connectivity index (χ2n) is 5.52. The van der Waals surface area contributed by atoms with Crippen molar-refractivity contribution in [2.24, 2.45) is 0 Å². The Bertz CT molecular complexity index is 981. The normalized spacial score (nSPS) is 15.9. The Morgan fingerprint density at radius 1 is 1.18 bits per heavy atom. The van der Waals surface area contributed by atoms with Gasteiger partial charge in [0.1, 0.15) is 5.51 Å². The summed E-state index contributed by atoms with van der Waals surface area (Å²) in [5.41, 5.74) is 2.49. The van der Waals surface area contributed by atoms with Crippen molar-refractivity contribution >= 4 is 75.6 Å². The Morgan fingerprint density at radius 3 is 2.64 bits per heavy atom. The van der Waals surface area contributed by atoms with Gasteiger partial charge < -0.3 is 10.2 Å². The lowest BCUT2D eigenvalue weighted by Gasteiger charge is -2.21. The van der Waals surface area contributed by atoms with Crippen LogP contribution in [0.15, 0.2) is 50.4 Å². The molecule has 0 saturated heterocycles. The van der Waals surface area contributed by atoms with Crippen LogP contribution in [0.2, 0.25) is 0 Å². The summed E-state index contributed by atoms with van der Waals surface area (Å²) in [6.45, 7) is -0.235. The molecule has 11 heteroatoms. The zero-order valence-corrected chi connectivity index (χ0v) is 17.4. The number of nitrogens with one attached hydrogen (secondary N) is 1. The highest BCUT2D eigenvalue weighted by molar-refractivity contribution is 8.27. The summed E-state index contributed by atoms with van der Waals surface area (Å²) in [5.74, 6) is -1.03. The monoisotopic (exact) mass is 452 g/mol. The maximum atomic E-state index is 13.0. The van der Waals surface area contributed by atoms with E-state index in [0.29, 0.717) is 20.6 Å². The van der Waals surface area contributed by atoms with Crippen molar-refractivity contribution in [2.45, 2.75) is 0 Å². The minimum absolute atomic E-state index is 0. The van der Waals surface area contributed by atoms with E-state index in [2.05, 4.69) is 15.5 Å². The van der Waals surface area contributed by atoms with E-state index in [1.165, 1.54) is 39.8 Å². The first-order valence-electron chi connectivity index (χ1n) is 7.85. The number of thioether (sulfide) groups is 2. The highest BCUT2D eigenvalue weighted by Gasteiger charge is 2.35. The first-order valence-corrected chi connectivity index (χ1v) is 10.5. The molecule has 7 nitrogen and oxygen atoms in total. The third kappa shape index (κ3) is 4.00. The molecule has 1 aromatic heterocycles. The molecule has 144 valence electrons. The molecule has 0 unspecified atom stereocenters. The molecule has 0 radical (unpaired) electrons. The van der Waals surface area contributed by atoms with Gasteiger partial charge in [-0.1, -0.05) is 47.0 Å². The Morgan fingerprint density at radius 2 is 1.93 bits per heavy atom. The lowest BCUT2D eigenvalue weighted by Crippen LogP contribution is -2.39. The molecule has 3 heterocycles. The lowest BCUT2D eigenvalue weighted by atomic mass is 10.0. The molecule has 1 N–H and O–H groups in total. The highest BCUT2D eigenvalue weighted by atomic mass is 35.5. The quantitative estimate of drug-likeness (QED) is 0.560. The molecule has 2 aliphatic heterocycles. The number of Topliss-reactive ketones (excluding diaryl/α,β-unsaturated/α-hetero) is 2. The van der Waals surface area contributed by atoms with Crippen LogP contribution in [-0.4, -0.2) is 40.8 Å². The van der Waals surface area contributed by atoms with Gasteiger partial charge in [-0.05, 0) is 22.9 Å². The lowest BCUT2D eigenvalue weighted by molar-refractivity contribution is -0.120. The van der Waals surface area contributed by atoms with E-state index in [4.69, 9.17) is 0 Å². The second-order valence-corrected chi connectivity index (χ2v) is 8.44. The molecule has 4 rings (SSSR count). The minimum Gasteiger partial charge on any atom is -0.351 e. The number of nitrogens with zero attached hydrogens (tertiary/aromatic N) is 3. The topological polar surface area (TPSA) is 92.3 Å². The number of carbonyl (C=O) groups excluding carboxylic acids is 3. The number of amides is 1. The molecule has 1 aromatic carbocycles. The number of hydrogen-bond donors (Lipinski definition) is 1. The van der Waals surface area contributed by atoms with Crippen molar-refractivity contribution in [2.75, 3.05) is 23.3 Å². The Labute approximate surface area is 179 Å². The SMILES string of the molecule is Cl.O=C1CN(C(=O)CNc2nncs2)c2ccccc2C(=O)C1=C1SC=CS1. The molecular weight excluding hydrogens is 440 g/mol. The van der Waals surface area contributed by atoms with Crippen molar-refractivity contribution < 1.29 is 14.4 Å². The summed E-state index contributed by atoms with van der Waals surface area (Å²) < 4.78 is 0.654. The van der Waals surface area contributed by atoms with Crippen molar-refractivity contribution in [3.8, 4) is 0 Å². The standard InChI is InChI=1S/C17H12N4O3S3.ClH/c22-12-8-21(13(23)7-18-17-20-19-9-27-17)11-4-2-1-3-10(11)15(24)14(12)16-25-5-6-26-16;/h1-6,9H,7-8H2,(H,18,20);1H. The van der Waals surface area contributed by atoms with Crippen molar-refractivity contribution in [3.63, 3.8) is 0 Å². The molecule has 0 fully saturated rings. The summed E-state index contributed by atoms with van der Waals surface area (Å²) in [6, 6.07) is 6.80. The molecule has 0 aliphatic carbocycles. The Hall–Kier alpha value is -2.14. The fourth-order valence-electron chi connectivity index (χ4n) is 2.72. The van der Waals surface area contributed by atoms with E-state index in [1.54, 1.807) is 29.8 Å². The van der Waals surface area contributed by atoms with E-state index in [9.17, 15) is 14.4 Å². The second kappa shape index (κ2) is 8.91. The van der Waals surface area contributed by atoms with Crippen molar-refractivity contribution in [1.29, 1.82) is 0 Å². The average molecular weight is 453 g/mol. The van der Waals surface area contributed by atoms with Crippen LogP contribution in [0.5, 0.6) is 0 Å². The van der Waals surface area contributed by atoms with E-state index in [-0.39, 0.29) is 48.5 Å². The number of benzene rings is 1. The molecule has 2 aromatic rings. The van der Waals surface area contributed by atoms with Crippen molar-refractivity contribution in [3.05, 3.63) is 56.0 Å². The Kier molecular flexibility index (Phi) is 6.55. The zero-order valence-electron chi connectivity index (χ0n) is 14.2. The number of hydrogen-bond acceptors (Lipinski definition) is 9. The number of fused-ring (bicyclic) bond motifs is 1. The van der Waals surface area contributed by atoms with Gasteiger partial charge in [0, 0.05) is 5.56 Å². The summed E-state index contributed by atoms with van der Waals surface area (Å²) in [4.78, 5) is 40.1. The Balaban J connectivity index is 0.00000225. The molecule has 0 saturated carbocycles. The molecule has 0 atom stereocenters. The van der Waals surface area contributed by atoms with Gasteiger partial charge in [0.25, 0.3) is 0 Å². The van der Waals surface area contributed by atoms with E-state index >= 15 is 0 Å². The number of carbonyl (C=O) groups is 3. The average Bonchev–Trinajstić information content (AvgIpc) is 3.37. The van der Waals surface area contributed by atoms with Crippen LogP contribution in [0.1, 0.15) is 10.4 Å². The van der Waals surface area contributed by atoms with E-state index in [0.717, 1.165) is 0 Å². The van der Waals surface area contributed by atoms with Gasteiger partial charge in [-0.2, -0.15) is 0 Å². The number of halogens is 1. The van der Waals surface area contributed by atoms with Crippen LogP contribution in [0.25, 0.3) is 0 Å². The molecular formula is C17H13ClN4O3S3. The largest absolute Gasteiger partial charge is 0.351 e. The number of aromatic nitrogens is 2. The zero-order chi connectivity index (χ0) is 18.8. The summed E-state index contributed by atoms with van der Waals surface area (Å²) >= 11 is 3.97. The number of anilines is 2. The van der Waals surface area contributed by atoms with Crippen LogP contribution in [0.4, 0.5) is 10.8 Å². The summed E-state index contributed by atoms with van der Waals surface area (Å²) in [6.07, 6.45) is 0. The van der Waals surface area contributed by atoms with Gasteiger partial charge in [-0.15, -0.1) is 22.6 Å². The van der Waals surface area contributed by atoms with Gasteiger partial charge in [-0.25, -0.2) is 0 Å². The molecule has 28 heavy (non-hydrogen) atoms. The van der Waals surface area contributed by atoms with Crippen LogP contribution in [-0.2, 0) is 9.59 Å². The third-order valence-corrected chi connectivity index (χ3v) is 6.69. The van der Waals surface area contributed by atoms with Crippen LogP contribution in [0, 0.1) is 0 Å². The smallest absolute Gasteiger partial charge is 0.246 e. The predicted molar refractivity (Wildman–Crippen MR) is 115 cm³/mol. The highest BCUT2D eigenvalue weighted by Crippen LogP contribution is 2.42. The van der Waals surface area contributed by atoms with Gasteiger partial charge >= 0.3 is 0 Å². The number of ketones is 2. The van der Waals surface area contributed by atoms with Crippen LogP contribution >= 0.6 is 47.3 Å². The first-order chi connectivity index (χ1) is 13.1. The fraction of sp³-hybridized carbons (Fsp3) is 0.118.